The Labute approximate surface area is 179 Å². The van der Waals surface area contributed by atoms with Crippen molar-refractivity contribution in [3.8, 4) is 0 Å². The van der Waals surface area contributed by atoms with Crippen molar-refractivity contribution < 1.29 is 49.5 Å². The Kier molecular flexibility index (Phi) is 13.7. The van der Waals surface area contributed by atoms with Gasteiger partial charge in [0.1, 0.15) is 0 Å². The molecule has 0 saturated heterocycles. The molecule has 0 aromatic heterocycles. The standard InChI is InChI=1S/C18H31N3O10/c1-2-3-4-13(21(11-17(28)29)12-18(30)31)7-19(8-14(22)23)5-6-20(9-15(24)25)10-16(26)27/h13H,2-12H2,1H3,(H,22,23)(H,24,25)(H,26,27)(H,28,29)(H,30,31). The van der Waals surface area contributed by atoms with Gasteiger partial charge in [-0.05, 0) is 6.42 Å². The molecule has 0 spiro atoms. The predicted octanol–water partition coefficient (Wildman–Crippen LogP) is -1.13. The molecule has 0 heterocycles. The normalized spacial score (nSPS) is 12.3. The summed E-state index contributed by atoms with van der Waals surface area (Å²) in [6.45, 7) is -0.732. The molecule has 0 fully saturated rings. The largest absolute Gasteiger partial charge is 0.480 e. The lowest BCUT2D eigenvalue weighted by Gasteiger charge is -2.34. The molecule has 0 radical (unpaired) electrons. The molecule has 0 bridgehead atoms. The van der Waals surface area contributed by atoms with Crippen LogP contribution in [0, 0.1) is 0 Å². The van der Waals surface area contributed by atoms with Crippen LogP contribution in [0.15, 0.2) is 0 Å². The zero-order chi connectivity index (χ0) is 24.0. The molecule has 178 valence electrons. The minimum atomic E-state index is -1.24. The highest BCUT2D eigenvalue weighted by Crippen LogP contribution is 2.12. The van der Waals surface area contributed by atoms with E-state index in [2.05, 4.69) is 0 Å². The molecule has 0 aliphatic carbocycles. The molecular formula is C18H31N3O10. The number of carboxylic acid groups (broad SMARTS) is 5. The van der Waals surface area contributed by atoms with E-state index in [1.807, 2.05) is 6.92 Å². The minimum Gasteiger partial charge on any atom is -0.480 e. The molecule has 5 N–H and O–H groups in total. The maximum absolute atomic E-state index is 11.3. The SMILES string of the molecule is CCCCC(CN(CCN(CC(=O)O)CC(=O)O)CC(=O)O)N(CC(=O)O)CC(=O)O. The molecular weight excluding hydrogens is 418 g/mol. The maximum atomic E-state index is 11.3. The molecule has 0 aromatic rings. The van der Waals surface area contributed by atoms with Gasteiger partial charge < -0.3 is 25.5 Å². The van der Waals surface area contributed by atoms with Gasteiger partial charge in [-0.2, -0.15) is 0 Å². The van der Waals surface area contributed by atoms with Crippen LogP contribution in [0.2, 0.25) is 0 Å². The van der Waals surface area contributed by atoms with E-state index in [1.54, 1.807) is 0 Å². The zero-order valence-corrected chi connectivity index (χ0v) is 17.5. The van der Waals surface area contributed by atoms with Crippen LogP contribution in [0.5, 0.6) is 0 Å². The second-order valence-corrected chi connectivity index (χ2v) is 7.12. The van der Waals surface area contributed by atoms with Gasteiger partial charge in [-0.15, -0.1) is 0 Å². The van der Waals surface area contributed by atoms with Crippen LogP contribution in [-0.2, 0) is 24.0 Å². The van der Waals surface area contributed by atoms with Crippen molar-refractivity contribution in [3.63, 3.8) is 0 Å². The molecule has 13 heteroatoms. The van der Waals surface area contributed by atoms with Gasteiger partial charge in [-0.25, -0.2) is 0 Å². The minimum absolute atomic E-state index is 0.00344. The number of unbranched alkanes of at least 4 members (excludes halogenated alkanes) is 1. The third kappa shape index (κ3) is 14.8. The van der Waals surface area contributed by atoms with Crippen molar-refractivity contribution in [2.45, 2.75) is 32.2 Å². The van der Waals surface area contributed by atoms with Crippen molar-refractivity contribution in [2.24, 2.45) is 0 Å². The van der Waals surface area contributed by atoms with E-state index in [0.29, 0.717) is 12.8 Å². The first-order valence-electron chi connectivity index (χ1n) is 9.72. The maximum Gasteiger partial charge on any atom is 0.317 e. The molecule has 1 unspecified atom stereocenters. The molecule has 0 aliphatic heterocycles. The van der Waals surface area contributed by atoms with Gasteiger partial charge in [0, 0.05) is 25.7 Å². The fourth-order valence-corrected chi connectivity index (χ4v) is 3.09. The Morgan fingerprint density at radius 1 is 0.645 bits per heavy atom. The van der Waals surface area contributed by atoms with Crippen molar-refractivity contribution in [1.82, 2.24) is 14.7 Å². The van der Waals surface area contributed by atoms with E-state index in [0.717, 1.165) is 11.3 Å². The molecule has 0 amide bonds. The van der Waals surface area contributed by atoms with Crippen molar-refractivity contribution in [2.75, 3.05) is 52.4 Å². The highest BCUT2D eigenvalue weighted by atomic mass is 16.4. The topological polar surface area (TPSA) is 196 Å². The highest BCUT2D eigenvalue weighted by molar-refractivity contribution is 5.73. The van der Waals surface area contributed by atoms with E-state index in [-0.39, 0.29) is 19.6 Å². The Balaban J connectivity index is 5.47. The number of hydrogen-bond donors (Lipinski definition) is 5. The average molecular weight is 449 g/mol. The van der Waals surface area contributed by atoms with E-state index in [9.17, 15) is 29.1 Å². The number of nitrogens with zero attached hydrogens (tertiary/aromatic N) is 3. The fourth-order valence-electron chi connectivity index (χ4n) is 3.09. The summed E-state index contributed by atoms with van der Waals surface area (Å²) >= 11 is 0. The summed E-state index contributed by atoms with van der Waals surface area (Å²) in [4.78, 5) is 59.4. The van der Waals surface area contributed by atoms with Gasteiger partial charge >= 0.3 is 29.8 Å². The lowest BCUT2D eigenvalue weighted by atomic mass is 10.1. The first-order chi connectivity index (χ1) is 14.4. The number of rotatable bonds is 19. The second kappa shape index (κ2) is 15.1. The van der Waals surface area contributed by atoms with Crippen molar-refractivity contribution in [3.05, 3.63) is 0 Å². The Hall–Kier alpha value is -2.77. The van der Waals surface area contributed by atoms with E-state index < -0.39 is 68.6 Å². The quantitative estimate of drug-likeness (QED) is 0.159. The van der Waals surface area contributed by atoms with Crippen LogP contribution in [0.1, 0.15) is 26.2 Å². The summed E-state index contributed by atoms with van der Waals surface area (Å²) in [7, 11) is 0. The number of carboxylic acids is 5. The molecule has 0 aromatic carbocycles. The summed E-state index contributed by atoms with van der Waals surface area (Å²) in [5.74, 6) is -6.09. The van der Waals surface area contributed by atoms with Crippen LogP contribution >= 0.6 is 0 Å². The van der Waals surface area contributed by atoms with E-state index in [4.69, 9.17) is 20.4 Å². The third-order valence-electron chi connectivity index (χ3n) is 4.36. The first kappa shape index (κ1) is 28.2. The van der Waals surface area contributed by atoms with Gasteiger partial charge in [0.2, 0.25) is 0 Å². The Morgan fingerprint density at radius 2 is 1.03 bits per heavy atom. The molecule has 0 aliphatic rings. The average Bonchev–Trinajstić information content (AvgIpc) is 2.59. The second-order valence-electron chi connectivity index (χ2n) is 7.12. The molecule has 0 saturated carbocycles. The lowest BCUT2D eigenvalue weighted by Crippen LogP contribution is -2.50. The van der Waals surface area contributed by atoms with Gasteiger partial charge in [0.15, 0.2) is 0 Å². The van der Waals surface area contributed by atoms with Gasteiger partial charge in [-0.1, -0.05) is 19.8 Å². The summed E-state index contributed by atoms with van der Waals surface area (Å²) in [6, 6.07) is -0.570. The van der Waals surface area contributed by atoms with Crippen molar-refractivity contribution in [1.29, 1.82) is 0 Å². The van der Waals surface area contributed by atoms with Gasteiger partial charge in [-0.3, -0.25) is 38.7 Å². The number of aliphatic carboxylic acids is 5. The zero-order valence-electron chi connectivity index (χ0n) is 17.5. The van der Waals surface area contributed by atoms with Crippen LogP contribution in [0.3, 0.4) is 0 Å². The molecule has 13 nitrogen and oxygen atoms in total. The van der Waals surface area contributed by atoms with E-state index in [1.165, 1.54) is 9.80 Å². The first-order valence-corrected chi connectivity index (χ1v) is 9.72. The third-order valence-corrected chi connectivity index (χ3v) is 4.36. The molecule has 1 atom stereocenters. The Bertz CT molecular complexity index is 596. The highest BCUT2D eigenvalue weighted by Gasteiger charge is 2.26. The smallest absolute Gasteiger partial charge is 0.317 e. The molecule has 0 rings (SSSR count). The van der Waals surface area contributed by atoms with Gasteiger partial charge in [0.05, 0.1) is 32.7 Å². The van der Waals surface area contributed by atoms with Gasteiger partial charge in [0.25, 0.3) is 0 Å². The summed E-state index contributed by atoms with van der Waals surface area (Å²) in [5.41, 5.74) is 0. The number of carbonyl (C=O) groups is 5. The van der Waals surface area contributed by atoms with Crippen LogP contribution in [0.25, 0.3) is 0 Å². The van der Waals surface area contributed by atoms with Crippen LogP contribution in [0.4, 0.5) is 0 Å². The summed E-state index contributed by atoms with van der Waals surface area (Å²) < 4.78 is 0. The fraction of sp³-hybridized carbons (Fsp3) is 0.722. The predicted molar refractivity (Wildman–Crippen MR) is 106 cm³/mol. The Morgan fingerprint density at radius 3 is 1.42 bits per heavy atom. The lowest BCUT2D eigenvalue weighted by molar-refractivity contribution is -0.144. The number of hydrogen-bond acceptors (Lipinski definition) is 8. The van der Waals surface area contributed by atoms with Crippen molar-refractivity contribution >= 4 is 29.8 Å². The molecule has 31 heavy (non-hydrogen) atoms. The summed E-state index contributed by atoms with van der Waals surface area (Å²) in [6.07, 6.45) is 1.85. The van der Waals surface area contributed by atoms with E-state index >= 15 is 0 Å². The monoisotopic (exact) mass is 449 g/mol. The van der Waals surface area contributed by atoms with Crippen LogP contribution in [-0.4, -0.2) is 128 Å². The summed E-state index contributed by atoms with van der Waals surface area (Å²) in [5, 5.41) is 45.3. The van der Waals surface area contributed by atoms with Crippen LogP contribution < -0.4 is 0 Å².